The second kappa shape index (κ2) is 4.24. The van der Waals surface area contributed by atoms with Crippen molar-refractivity contribution in [3.8, 4) is 0 Å². The minimum absolute atomic E-state index is 0.0277. The summed E-state index contributed by atoms with van der Waals surface area (Å²) in [5.74, 6) is 0. The molecule has 0 radical (unpaired) electrons. The normalized spacial score (nSPS) is 21.9. The number of hydrogen-bond donors (Lipinski definition) is 1. The smallest absolute Gasteiger partial charge is 0.147 e. The van der Waals surface area contributed by atoms with Crippen LogP contribution in [0.1, 0.15) is 12.0 Å². The summed E-state index contributed by atoms with van der Waals surface area (Å²) in [5, 5.41) is 3.72. The number of hydrogen-bond acceptors (Lipinski definition) is 3. The van der Waals surface area contributed by atoms with Crippen LogP contribution in [0, 0.1) is 0 Å². The van der Waals surface area contributed by atoms with Crippen molar-refractivity contribution in [2.75, 3.05) is 0 Å². The lowest BCUT2D eigenvalue weighted by Crippen LogP contribution is -2.36. The van der Waals surface area contributed by atoms with Crippen LogP contribution >= 0.6 is 0 Å². The highest BCUT2D eigenvalue weighted by Crippen LogP contribution is 2.12. The van der Waals surface area contributed by atoms with E-state index in [1.165, 1.54) is 5.56 Å². The second-order valence-corrected chi connectivity index (χ2v) is 3.52. The van der Waals surface area contributed by atoms with E-state index in [0.29, 0.717) is 0 Å². The Kier molecular flexibility index (Phi) is 2.79. The molecular weight excluding hydrogens is 176 g/mol. The maximum atomic E-state index is 6.01. The van der Waals surface area contributed by atoms with Crippen LogP contribution in [0.3, 0.4) is 0 Å². The summed E-state index contributed by atoms with van der Waals surface area (Å²) < 4.78 is 0. The van der Waals surface area contributed by atoms with Crippen molar-refractivity contribution < 1.29 is 4.84 Å². The van der Waals surface area contributed by atoms with Gasteiger partial charge >= 0.3 is 0 Å². The van der Waals surface area contributed by atoms with E-state index < -0.39 is 0 Å². The highest BCUT2D eigenvalue weighted by atomic mass is 16.6. The Morgan fingerprint density at radius 2 is 2.21 bits per heavy atom. The summed E-state index contributed by atoms with van der Waals surface area (Å²) in [4.78, 5) is 5.13. The standard InChI is InChI=1S/C11H14N2O/c12-10(11-6-7-13-14-11)8-9-4-2-1-3-5-9/h1-5,7,10-11H,6,8,12H2. The van der Waals surface area contributed by atoms with Gasteiger partial charge in [0, 0.05) is 18.7 Å². The van der Waals surface area contributed by atoms with Gasteiger partial charge < -0.3 is 10.6 Å². The largest absolute Gasteiger partial charge is 0.391 e. The van der Waals surface area contributed by atoms with Crippen molar-refractivity contribution in [2.24, 2.45) is 10.9 Å². The summed E-state index contributed by atoms with van der Waals surface area (Å²) in [6.07, 6.45) is 3.49. The van der Waals surface area contributed by atoms with Crippen LogP contribution in [0.4, 0.5) is 0 Å². The monoisotopic (exact) mass is 190 g/mol. The summed E-state index contributed by atoms with van der Waals surface area (Å²) in [6, 6.07) is 10.2. The van der Waals surface area contributed by atoms with Gasteiger partial charge in [0.25, 0.3) is 0 Å². The number of nitrogens with zero attached hydrogens (tertiary/aromatic N) is 1. The number of rotatable bonds is 3. The Hall–Kier alpha value is -1.35. The fourth-order valence-electron chi connectivity index (χ4n) is 1.58. The fourth-order valence-corrected chi connectivity index (χ4v) is 1.58. The van der Waals surface area contributed by atoms with Gasteiger partial charge in [0.1, 0.15) is 6.10 Å². The first-order valence-electron chi connectivity index (χ1n) is 4.83. The van der Waals surface area contributed by atoms with Gasteiger partial charge in [-0.3, -0.25) is 0 Å². The van der Waals surface area contributed by atoms with Crippen LogP contribution in [0.25, 0.3) is 0 Å². The van der Waals surface area contributed by atoms with Gasteiger partial charge in [0.05, 0.1) is 0 Å². The fraction of sp³-hybridized carbons (Fsp3) is 0.364. The lowest BCUT2D eigenvalue weighted by Gasteiger charge is -2.16. The predicted molar refractivity (Wildman–Crippen MR) is 56.1 cm³/mol. The summed E-state index contributed by atoms with van der Waals surface area (Å²) in [7, 11) is 0. The van der Waals surface area contributed by atoms with Crippen LogP contribution in [0.5, 0.6) is 0 Å². The molecule has 3 nitrogen and oxygen atoms in total. The van der Waals surface area contributed by atoms with Crippen LogP contribution in [-0.4, -0.2) is 18.4 Å². The van der Waals surface area contributed by atoms with Crippen LogP contribution in [0.2, 0.25) is 0 Å². The molecule has 0 saturated carbocycles. The minimum Gasteiger partial charge on any atom is -0.391 e. The number of nitrogens with two attached hydrogens (primary N) is 1. The molecule has 2 rings (SSSR count). The summed E-state index contributed by atoms with van der Waals surface area (Å²) in [6.45, 7) is 0. The zero-order valence-electron chi connectivity index (χ0n) is 7.97. The van der Waals surface area contributed by atoms with Gasteiger partial charge in [0.15, 0.2) is 0 Å². The average molecular weight is 190 g/mol. The molecule has 1 aromatic rings. The third-order valence-electron chi connectivity index (χ3n) is 2.40. The Labute approximate surface area is 83.6 Å². The quantitative estimate of drug-likeness (QED) is 0.781. The third-order valence-corrected chi connectivity index (χ3v) is 2.40. The van der Waals surface area contributed by atoms with E-state index in [-0.39, 0.29) is 12.1 Å². The van der Waals surface area contributed by atoms with E-state index in [9.17, 15) is 0 Å². The van der Waals surface area contributed by atoms with Crippen molar-refractivity contribution in [3.05, 3.63) is 35.9 Å². The van der Waals surface area contributed by atoms with Crippen molar-refractivity contribution in [1.29, 1.82) is 0 Å². The summed E-state index contributed by atoms with van der Waals surface area (Å²) >= 11 is 0. The van der Waals surface area contributed by atoms with Crippen molar-refractivity contribution in [1.82, 2.24) is 0 Å². The molecule has 2 unspecified atom stereocenters. The van der Waals surface area contributed by atoms with Crippen molar-refractivity contribution >= 4 is 6.21 Å². The molecule has 3 heteroatoms. The van der Waals surface area contributed by atoms with E-state index in [4.69, 9.17) is 10.6 Å². The van der Waals surface area contributed by atoms with Crippen molar-refractivity contribution in [3.63, 3.8) is 0 Å². The molecule has 0 bridgehead atoms. The van der Waals surface area contributed by atoms with Crippen LogP contribution in [-0.2, 0) is 11.3 Å². The molecule has 2 N–H and O–H groups in total. The molecule has 1 aliphatic rings. The molecule has 0 amide bonds. The predicted octanol–water partition coefficient (Wildman–Crippen LogP) is 1.33. The Balaban J connectivity index is 1.91. The Bertz CT molecular complexity index is 302. The average Bonchev–Trinajstić information content (AvgIpc) is 2.72. The molecule has 74 valence electrons. The first-order chi connectivity index (χ1) is 6.86. The van der Waals surface area contributed by atoms with E-state index in [0.717, 1.165) is 12.8 Å². The third kappa shape index (κ3) is 2.12. The lowest BCUT2D eigenvalue weighted by atomic mass is 10.0. The molecular formula is C11H14N2O. The van der Waals surface area contributed by atoms with Gasteiger partial charge in [-0.25, -0.2) is 0 Å². The Morgan fingerprint density at radius 1 is 1.43 bits per heavy atom. The minimum atomic E-state index is 0.0277. The molecule has 0 aromatic heterocycles. The lowest BCUT2D eigenvalue weighted by molar-refractivity contribution is 0.0659. The van der Waals surface area contributed by atoms with Crippen LogP contribution in [0.15, 0.2) is 35.5 Å². The molecule has 0 aliphatic carbocycles. The zero-order valence-corrected chi connectivity index (χ0v) is 7.97. The van der Waals surface area contributed by atoms with Crippen molar-refractivity contribution in [2.45, 2.75) is 25.0 Å². The molecule has 0 spiro atoms. The SMILES string of the molecule is NC(Cc1ccccc1)C1CC=NO1. The van der Waals surface area contributed by atoms with E-state index in [1.54, 1.807) is 6.21 Å². The number of benzene rings is 1. The maximum absolute atomic E-state index is 6.01. The van der Waals surface area contributed by atoms with Gasteiger partial charge in [0.2, 0.25) is 0 Å². The number of oxime groups is 1. The topological polar surface area (TPSA) is 47.6 Å². The van der Waals surface area contributed by atoms with E-state index in [1.807, 2.05) is 18.2 Å². The van der Waals surface area contributed by atoms with E-state index in [2.05, 4.69) is 17.3 Å². The molecule has 1 aromatic carbocycles. The first kappa shape index (κ1) is 9.21. The highest BCUT2D eigenvalue weighted by molar-refractivity contribution is 5.58. The van der Waals surface area contributed by atoms with E-state index >= 15 is 0 Å². The van der Waals surface area contributed by atoms with Gasteiger partial charge in [-0.1, -0.05) is 35.5 Å². The molecule has 1 aliphatic heterocycles. The first-order valence-corrected chi connectivity index (χ1v) is 4.83. The second-order valence-electron chi connectivity index (χ2n) is 3.52. The summed E-state index contributed by atoms with van der Waals surface area (Å²) in [5.41, 5.74) is 7.25. The zero-order chi connectivity index (χ0) is 9.80. The maximum Gasteiger partial charge on any atom is 0.147 e. The van der Waals surface area contributed by atoms with Gasteiger partial charge in [-0.05, 0) is 12.0 Å². The van der Waals surface area contributed by atoms with Crippen LogP contribution < -0.4 is 5.73 Å². The highest BCUT2D eigenvalue weighted by Gasteiger charge is 2.21. The molecule has 1 heterocycles. The molecule has 14 heavy (non-hydrogen) atoms. The van der Waals surface area contributed by atoms with Gasteiger partial charge in [-0.15, -0.1) is 0 Å². The van der Waals surface area contributed by atoms with Gasteiger partial charge in [-0.2, -0.15) is 0 Å². The molecule has 0 saturated heterocycles. The Morgan fingerprint density at radius 3 is 2.86 bits per heavy atom. The molecule has 0 fully saturated rings. The molecule has 2 atom stereocenters.